The lowest BCUT2D eigenvalue weighted by Gasteiger charge is -2.09. The van der Waals surface area contributed by atoms with Gasteiger partial charge in [0.15, 0.2) is 0 Å². The molecule has 0 aliphatic carbocycles. The Balaban J connectivity index is 3.04. The highest BCUT2D eigenvalue weighted by molar-refractivity contribution is 4.96. The number of hydrogen-bond donors (Lipinski definition) is 0. The van der Waals surface area contributed by atoms with E-state index in [2.05, 4.69) is 19.3 Å². The lowest BCUT2D eigenvalue weighted by molar-refractivity contribution is 0.828. The molecule has 40 valence electrons. The fourth-order valence-electron chi connectivity index (χ4n) is 0.422. The molecule has 0 saturated heterocycles. The number of hydrogen-bond acceptors (Lipinski definition) is 0. The highest BCUT2D eigenvalue weighted by atomic mass is 13.9. The summed E-state index contributed by atoms with van der Waals surface area (Å²) in [6.45, 7) is 4.11. The minimum Gasteiger partial charge on any atom is -0.314 e. The van der Waals surface area contributed by atoms with E-state index in [0.29, 0.717) is 5.92 Å². The fraction of sp³-hybridized carbons (Fsp3) is 0.571. The van der Waals surface area contributed by atoms with Crippen LogP contribution in [0.4, 0.5) is 0 Å². The number of terminal acetylenes is 1. The zero-order valence-corrected chi connectivity index (χ0v) is 4.94. The average Bonchev–Trinajstić information content (AvgIpc) is 1.68. The van der Waals surface area contributed by atoms with E-state index in [9.17, 15) is 0 Å². The van der Waals surface area contributed by atoms with E-state index in [4.69, 9.17) is 6.42 Å². The molecule has 0 fully saturated rings. The van der Waals surface area contributed by atoms with Crippen LogP contribution in [0, 0.1) is 24.7 Å². The van der Waals surface area contributed by atoms with Crippen molar-refractivity contribution >= 4 is 0 Å². The summed E-state index contributed by atoms with van der Waals surface area (Å²) in [6, 6.07) is 0. The highest BCUT2D eigenvalue weighted by Gasteiger charge is 1.76. The second-order valence-corrected chi connectivity index (χ2v) is 1.60. The van der Waals surface area contributed by atoms with Crippen LogP contribution in [0.2, 0.25) is 0 Å². The maximum atomic E-state index is 5.08. The molecule has 0 rings (SSSR count). The Labute approximate surface area is 45.9 Å². The van der Waals surface area contributed by atoms with Crippen LogP contribution in [0.15, 0.2) is 0 Å². The summed E-state index contributed by atoms with van der Waals surface area (Å²) in [7, 11) is 0. The van der Waals surface area contributed by atoms with Gasteiger partial charge in [-0.1, -0.05) is 13.8 Å². The topological polar surface area (TPSA) is 0 Å². The van der Waals surface area contributed by atoms with E-state index in [-0.39, 0.29) is 0 Å². The molecule has 0 bridgehead atoms. The van der Waals surface area contributed by atoms with E-state index in [1.165, 1.54) is 0 Å². The van der Waals surface area contributed by atoms with Crippen molar-refractivity contribution in [2.45, 2.75) is 20.3 Å². The van der Waals surface area contributed by atoms with Crippen LogP contribution >= 0.6 is 0 Å². The molecule has 0 saturated carbocycles. The Kier molecular flexibility index (Phi) is 3.50. The third-order valence-corrected chi connectivity index (χ3v) is 0.852. The van der Waals surface area contributed by atoms with Crippen molar-refractivity contribution in [1.82, 2.24) is 0 Å². The van der Waals surface area contributed by atoms with E-state index in [0.717, 1.165) is 6.42 Å². The van der Waals surface area contributed by atoms with Crippen LogP contribution in [0.25, 0.3) is 0 Å². The van der Waals surface area contributed by atoms with E-state index < -0.39 is 0 Å². The summed E-state index contributed by atoms with van der Waals surface area (Å²) in [5.41, 5.74) is 0. The maximum absolute atomic E-state index is 5.08. The molecule has 0 aliphatic heterocycles. The van der Waals surface area contributed by atoms with Crippen molar-refractivity contribution < 1.29 is 0 Å². The molecule has 1 atom stereocenters. The minimum absolute atomic E-state index is 0.352. The van der Waals surface area contributed by atoms with Crippen LogP contribution in [-0.4, -0.2) is 0 Å². The van der Waals surface area contributed by atoms with Crippen molar-refractivity contribution in [2.75, 3.05) is 0 Å². The molecule has 1 unspecified atom stereocenters. The van der Waals surface area contributed by atoms with Gasteiger partial charge >= 0.3 is 0 Å². The van der Waals surface area contributed by atoms with Gasteiger partial charge in [-0.15, -0.1) is 18.3 Å². The minimum atomic E-state index is 0.352. The van der Waals surface area contributed by atoms with Crippen molar-refractivity contribution in [3.8, 4) is 12.3 Å². The standard InChI is InChI=1S/C7H11/c1-4-6-7(3)5-2/h2,6-7H,4H2,1,3H3/q-1. The Morgan fingerprint density at radius 3 is 2.57 bits per heavy atom. The SMILES string of the molecule is C#CC(C)[CH-]CC. The van der Waals surface area contributed by atoms with Gasteiger partial charge in [0, 0.05) is 0 Å². The Morgan fingerprint density at radius 2 is 2.43 bits per heavy atom. The molecule has 0 heterocycles. The second-order valence-electron chi connectivity index (χ2n) is 1.60. The molecule has 7 heavy (non-hydrogen) atoms. The van der Waals surface area contributed by atoms with Crippen LogP contribution in [0.3, 0.4) is 0 Å². The second kappa shape index (κ2) is 3.74. The first-order valence-corrected chi connectivity index (χ1v) is 2.60. The Bertz CT molecular complexity index is 66.6. The molecule has 0 heteroatoms. The smallest absolute Gasteiger partial charge is 0.0793 e. The van der Waals surface area contributed by atoms with Crippen LogP contribution < -0.4 is 0 Å². The van der Waals surface area contributed by atoms with Crippen molar-refractivity contribution in [1.29, 1.82) is 0 Å². The molecule has 0 radical (unpaired) electrons. The molecule has 0 amide bonds. The lowest BCUT2D eigenvalue weighted by atomic mass is 10.1. The summed E-state index contributed by atoms with van der Waals surface area (Å²) in [6.07, 6.45) is 8.26. The van der Waals surface area contributed by atoms with Gasteiger partial charge in [0.1, 0.15) is 0 Å². The third-order valence-electron chi connectivity index (χ3n) is 0.852. The Hall–Kier alpha value is -0.440. The normalized spacial score (nSPS) is 12.7. The number of rotatable bonds is 2. The molecule has 0 N–H and O–H groups in total. The van der Waals surface area contributed by atoms with Crippen molar-refractivity contribution in [3.63, 3.8) is 0 Å². The molecule has 0 aromatic carbocycles. The molecule has 0 aromatic rings. The van der Waals surface area contributed by atoms with Gasteiger partial charge in [0.25, 0.3) is 0 Å². The average molecular weight is 95.2 g/mol. The third kappa shape index (κ3) is 3.39. The predicted octanol–water partition coefficient (Wildman–Crippen LogP) is 1.87. The highest BCUT2D eigenvalue weighted by Crippen LogP contribution is 1.99. The molecule has 0 spiro atoms. The fourth-order valence-corrected chi connectivity index (χ4v) is 0.422. The first-order valence-electron chi connectivity index (χ1n) is 2.60. The summed E-state index contributed by atoms with van der Waals surface area (Å²) in [5, 5.41) is 0. The van der Waals surface area contributed by atoms with E-state index >= 15 is 0 Å². The summed E-state index contributed by atoms with van der Waals surface area (Å²) in [4.78, 5) is 0. The van der Waals surface area contributed by atoms with E-state index in [1.54, 1.807) is 0 Å². The molecular weight excluding hydrogens is 84.1 g/mol. The van der Waals surface area contributed by atoms with Gasteiger partial charge in [-0.3, -0.25) is 0 Å². The predicted molar refractivity (Wildman–Crippen MR) is 32.6 cm³/mol. The first-order chi connectivity index (χ1) is 3.31. The summed E-state index contributed by atoms with van der Waals surface area (Å²) < 4.78 is 0. The largest absolute Gasteiger partial charge is 0.314 e. The van der Waals surface area contributed by atoms with Crippen LogP contribution in [-0.2, 0) is 0 Å². The summed E-state index contributed by atoms with van der Waals surface area (Å²) >= 11 is 0. The van der Waals surface area contributed by atoms with E-state index in [1.807, 2.05) is 6.92 Å². The molecular formula is C7H11-. The van der Waals surface area contributed by atoms with Gasteiger partial charge in [0.05, 0.1) is 0 Å². The van der Waals surface area contributed by atoms with Gasteiger partial charge in [-0.05, 0) is 0 Å². The summed E-state index contributed by atoms with van der Waals surface area (Å²) in [5.74, 6) is 2.96. The monoisotopic (exact) mass is 95.1 g/mol. The first kappa shape index (κ1) is 6.56. The van der Waals surface area contributed by atoms with Crippen molar-refractivity contribution in [2.24, 2.45) is 5.92 Å². The zero-order valence-electron chi connectivity index (χ0n) is 4.94. The van der Waals surface area contributed by atoms with Gasteiger partial charge in [0.2, 0.25) is 0 Å². The van der Waals surface area contributed by atoms with Gasteiger partial charge in [-0.25, -0.2) is 0 Å². The van der Waals surface area contributed by atoms with Gasteiger partial charge < -0.3 is 6.42 Å². The van der Waals surface area contributed by atoms with Crippen LogP contribution in [0.5, 0.6) is 0 Å². The molecule has 0 aliphatic rings. The molecule has 0 aromatic heterocycles. The van der Waals surface area contributed by atoms with Gasteiger partial charge in [-0.2, -0.15) is 6.42 Å². The Morgan fingerprint density at radius 1 is 1.86 bits per heavy atom. The lowest BCUT2D eigenvalue weighted by Crippen LogP contribution is -1.87. The zero-order chi connectivity index (χ0) is 5.70. The van der Waals surface area contributed by atoms with Crippen LogP contribution in [0.1, 0.15) is 20.3 Å². The quantitative estimate of drug-likeness (QED) is 0.363. The molecule has 0 nitrogen and oxygen atoms in total. The van der Waals surface area contributed by atoms with Crippen molar-refractivity contribution in [3.05, 3.63) is 6.42 Å². The maximum Gasteiger partial charge on any atom is -0.0793 e.